The third kappa shape index (κ3) is 3.68. The van der Waals surface area contributed by atoms with E-state index in [-0.39, 0.29) is 12.5 Å². The first-order chi connectivity index (χ1) is 13.2. The number of benzene rings is 2. The molecule has 3 aromatic rings. The standard InChI is InChI=1S/C20H21N3O4/c1-25-9-8-23-17(15-4-7-18-19(10-15)27-13-26-18)12-22-20(23)21-11-14-2-5-16(24)6-3-14/h2-7,10,12,24H,8-9,11,13H2,1H3,(H,21,22). The molecule has 4 rings (SSSR count). The zero-order valence-electron chi connectivity index (χ0n) is 15.0. The van der Waals surface area contributed by atoms with Crippen molar-refractivity contribution in [1.29, 1.82) is 0 Å². The van der Waals surface area contributed by atoms with E-state index in [1.807, 2.05) is 36.5 Å². The molecule has 0 aliphatic carbocycles. The Bertz CT molecular complexity index is 921. The molecular formula is C20H21N3O4. The van der Waals surface area contributed by atoms with Gasteiger partial charge in [0.05, 0.1) is 18.5 Å². The highest BCUT2D eigenvalue weighted by Crippen LogP contribution is 2.36. The van der Waals surface area contributed by atoms with Gasteiger partial charge in [-0.3, -0.25) is 0 Å². The lowest BCUT2D eigenvalue weighted by Gasteiger charge is -2.13. The molecule has 0 bridgehead atoms. The Hall–Kier alpha value is -3.19. The van der Waals surface area contributed by atoms with Gasteiger partial charge >= 0.3 is 0 Å². The Morgan fingerprint density at radius 3 is 2.78 bits per heavy atom. The number of nitrogens with one attached hydrogen (secondary N) is 1. The number of phenolic OH excluding ortho intramolecular Hbond substituents is 1. The van der Waals surface area contributed by atoms with Crippen molar-refractivity contribution in [3.63, 3.8) is 0 Å². The fraction of sp³-hybridized carbons (Fsp3) is 0.250. The fourth-order valence-corrected chi connectivity index (χ4v) is 3.01. The molecule has 0 unspecified atom stereocenters. The number of imidazole rings is 1. The van der Waals surface area contributed by atoms with Crippen molar-refractivity contribution in [1.82, 2.24) is 9.55 Å². The van der Waals surface area contributed by atoms with E-state index < -0.39 is 0 Å². The number of phenols is 1. The molecule has 0 radical (unpaired) electrons. The molecule has 2 heterocycles. The highest BCUT2D eigenvalue weighted by atomic mass is 16.7. The Labute approximate surface area is 157 Å². The van der Waals surface area contributed by atoms with E-state index in [9.17, 15) is 5.11 Å². The first-order valence-electron chi connectivity index (χ1n) is 8.71. The second-order valence-electron chi connectivity index (χ2n) is 6.20. The molecule has 1 aliphatic rings. The van der Waals surface area contributed by atoms with Crippen LogP contribution in [0.5, 0.6) is 17.2 Å². The lowest BCUT2D eigenvalue weighted by Crippen LogP contribution is -2.11. The van der Waals surface area contributed by atoms with Crippen molar-refractivity contribution < 1.29 is 19.3 Å². The number of hydrogen-bond donors (Lipinski definition) is 2. The van der Waals surface area contributed by atoms with Crippen LogP contribution < -0.4 is 14.8 Å². The average molecular weight is 367 g/mol. The van der Waals surface area contributed by atoms with Gasteiger partial charge in [-0.1, -0.05) is 12.1 Å². The molecule has 1 aliphatic heterocycles. The zero-order chi connectivity index (χ0) is 18.6. The van der Waals surface area contributed by atoms with Gasteiger partial charge in [-0.15, -0.1) is 0 Å². The van der Waals surface area contributed by atoms with Crippen molar-refractivity contribution in [2.75, 3.05) is 25.8 Å². The molecule has 0 saturated heterocycles. The number of aromatic hydroxyl groups is 1. The van der Waals surface area contributed by atoms with Gasteiger partial charge in [-0.2, -0.15) is 0 Å². The summed E-state index contributed by atoms with van der Waals surface area (Å²) in [5.74, 6) is 2.51. The lowest BCUT2D eigenvalue weighted by molar-refractivity contribution is 0.174. The third-order valence-electron chi connectivity index (χ3n) is 4.43. The first kappa shape index (κ1) is 17.2. The molecule has 7 heteroatoms. The summed E-state index contributed by atoms with van der Waals surface area (Å²) in [6.45, 7) is 2.09. The molecule has 0 fully saturated rings. The van der Waals surface area contributed by atoms with Crippen LogP contribution in [0.15, 0.2) is 48.7 Å². The predicted molar refractivity (Wildman–Crippen MR) is 101 cm³/mol. The largest absolute Gasteiger partial charge is 0.508 e. The first-order valence-corrected chi connectivity index (χ1v) is 8.71. The Morgan fingerprint density at radius 2 is 1.96 bits per heavy atom. The van der Waals surface area contributed by atoms with Crippen LogP contribution in [0.2, 0.25) is 0 Å². The topological polar surface area (TPSA) is 77.8 Å². The van der Waals surface area contributed by atoms with Crippen molar-refractivity contribution in [3.05, 3.63) is 54.2 Å². The van der Waals surface area contributed by atoms with Crippen LogP contribution in [0.25, 0.3) is 11.3 Å². The SMILES string of the molecule is COCCn1c(-c2ccc3c(c2)OCO3)cnc1NCc1ccc(O)cc1. The van der Waals surface area contributed by atoms with E-state index in [1.54, 1.807) is 19.2 Å². The Balaban J connectivity index is 1.59. The minimum absolute atomic E-state index is 0.251. The van der Waals surface area contributed by atoms with Gasteiger partial charge in [0.25, 0.3) is 0 Å². The number of hydrogen-bond acceptors (Lipinski definition) is 6. The molecule has 2 N–H and O–H groups in total. The third-order valence-corrected chi connectivity index (χ3v) is 4.43. The maximum atomic E-state index is 9.41. The van der Waals surface area contributed by atoms with Crippen LogP contribution >= 0.6 is 0 Å². The van der Waals surface area contributed by atoms with E-state index in [0.29, 0.717) is 19.7 Å². The van der Waals surface area contributed by atoms with E-state index >= 15 is 0 Å². The summed E-state index contributed by atoms with van der Waals surface area (Å²) in [6.07, 6.45) is 1.84. The van der Waals surface area contributed by atoms with E-state index in [0.717, 1.165) is 34.3 Å². The van der Waals surface area contributed by atoms with Gasteiger partial charge in [0.1, 0.15) is 5.75 Å². The molecule has 0 amide bonds. The minimum atomic E-state index is 0.251. The maximum Gasteiger partial charge on any atom is 0.231 e. The highest BCUT2D eigenvalue weighted by molar-refractivity contribution is 5.66. The lowest BCUT2D eigenvalue weighted by atomic mass is 10.1. The number of anilines is 1. The number of methoxy groups -OCH3 is 1. The number of nitrogens with zero attached hydrogens (tertiary/aromatic N) is 2. The quantitative estimate of drug-likeness (QED) is 0.668. The van der Waals surface area contributed by atoms with Crippen molar-refractivity contribution in [2.24, 2.45) is 0 Å². The van der Waals surface area contributed by atoms with E-state index in [4.69, 9.17) is 14.2 Å². The van der Waals surface area contributed by atoms with Crippen LogP contribution in [0.4, 0.5) is 5.95 Å². The molecular weight excluding hydrogens is 346 g/mol. The van der Waals surface area contributed by atoms with Crippen LogP contribution in [0.1, 0.15) is 5.56 Å². The number of ether oxygens (including phenoxy) is 3. The second-order valence-corrected chi connectivity index (χ2v) is 6.20. The summed E-state index contributed by atoms with van der Waals surface area (Å²) in [5, 5.41) is 12.8. The number of aromatic nitrogens is 2. The van der Waals surface area contributed by atoms with Crippen molar-refractivity contribution in [3.8, 4) is 28.5 Å². The maximum absolute atomic E-state index is 9.41. The summed E-state index contributed by atoms with van der Waals surface area (Å²) in [6, 6.07) is 13.0. The smallest absolute Gasteiger partial charge is 0.231 e. The van der Waals surface area contributed by atoms with Crippen molar-refractivity contribution in [2.45, 2.75) is 13.1 Å². The second kappa shape index (κ2) is 7.59. The fourth-order valence-electron chi connectivity index (χ4n) is 3.01. The van der Waals surface area contributed by atoms with Crippen LogP contribution in [0, 0.1) is 0 Å². The van der Waals surface area contributed by atoms with Gasteiger partial charge in [0.2, 0.25) is 12.7 Å². The molecule has 0 spiro atoms. The van der Waals surface area contributed by atoms with Gasteiger partial charge in [0.15, 0.2) is 11.5 Å². The molecule has 7 nitrogen and oxygen atoms in total. The summed E-state index contributed by atoms with van der Waals surface area (Å²) in [4.78, 5) is 4.55. The minimum Gasteiger partial charge on any atom is -0.508 e. The zero-order valence-corrected chi connectivity index (χ0v) is 15.0. The summed E-state index contributed by atoms with van der Waals surface area (Å²) < 4.78 is 18.2. The molecule has 140 valence electrons. The van der Waals surface area contributed by atoms with Crippen LogP contribution in [-0.2, 0) is 17.8 Å². The van der Waals surface area contributed by atoms with Gasteiger partial charge in [0, 0.05) is 25.8 Å². The van der Waals surface area contributed by atoms with Crippen LogP contribution in [0.3, 0.4) is 0 Å². The van der Waals surface area contributed by atoms with Crippen LogP contribution in [-0.4, -0.2) is 35.2 Å². The molecule has 27 heavy (non-hydrogen) atoms. The Kier molecular flexibility index (Phi) is 4.84. The molecule has 0 saturated carbocycles. The average Bonchev–Trinajstić information content (AvgIpc) is 3.32. The number of fused-ring (bicyclic) bond motifs is 1. The van der Waals surface area contributed by atoms with E-state index in [1.165, 1.54) is 0 Å². The Morgan fingerprint density at radius 1 is 1.15 bits per heavy atom. The molecule has 0 atom stereocenters. The summed E-state index contributed by atoms with van der Waals surface area (Å²) in [7, 11) is 1.68. The van der Waals surface area contributed by atoms with E-state index in [2.05, 4.69) is 14.9 Å². The molecule has 1 aromatic heterocycles. The van der Waals surface area contributed by atoms with Gasteiger partial charge in [-0.05, 0) is 35.9 Å². The highest BCUT2D eigenvalue weighted by Gasteiger charge is 2.17. The van der Waals surface area contributed by atoms with Gasteiger partial charge < -0.3 is 29.2 Å². The molecule has 2 aromatic carbocycles. The monoisotopic (exact) mass is 367 g/mol. The number of rotatable bonds is 7. The summed E-state index contributed by atoms with van der Waals surface area (Å²) in [5.41, 5.74) is 3.03. The normalized spacial score (nSPS) is 12.3. The van der Waals surface area contributed by atoms with Crippen molar-refractivity contribution >= 4 is 5.95 Å². The van der Waals surface area contributed by atoms with Gasteiger partial charge in [-0.25, -0.2) is 4.98 Å². The predicted octanol–water partition coefficient (Wildman–Crippen LogP) is 3.24. The summed E-state index contributed by atoms with van der Waals surface area (Å²) >= 11 is 0.